The molecule has 2 bridgehead atoms. The van der Waals surface area contributed by atoms with Crippen molar-refractivity contribution in [2.24, 2.45) is 5.41 Å². The first kappa shape index (κ1) is 25.9. The summed E-state index contributed by atoms with van der Waals surface area (Å²) in [4.78, 5) is 12.0. The highest BCUT2D eigenvalue weighted by Gasteiger charge is 2.50. The summed E-state index contributed by atoms with van der Waals surface area (Å²) in [5.41, 5.74) is 0.629. The molecule has 0 unspecified atom stereocenters. The van der Waals surface area contributed by atoms with Gasteiger partial charge in [0.15, 0.2) is 11.6 Å². The first-order valence-corrected chi connectivity index (χ1v) is 13.3. The van der Waals surface area contributed by atoms with Gasteiger partial charge in [-0.15, -0.1) is 0 Å². The van der Waals surface area contributed by atoms with Gasteiger partial charge < -0.3 is 4.74 Å². The fourth-order valence-electron chi connectivity index (χ4n) is 6.00. The van der Waals surface area contributed by atoms with E-state index in [0.29, 0.717) is 11.0 Å². The van der Waals surface area contributed by atoms with Gasteiger partial charge in [0.2, 0.25) is 5.82 Å². The van der Waals surface area contributed by atoms with Crippen LogP contribution in [0.15, 0.2) is 24.3 Å². The van der Waals surface area contributed by atoms with Gasteiger partial charge in [-0.1, -0.05) is 70.9 Å². The Labute approximate surface area is 199 Å². The molecule has 1 aromatic carbocycles. The number of allylic oxidation sites excluding steroid dienone is 1. The molecule has 3 saturated carbocycles. The van der Waals surface area contributed by atoms with Crippen LogP contribution in [0.25, 0.3) is 0 Å². The minimum atomic E-state index is -1.03. The lowest BCUT2D eigenvalue weighted by Crippen LogP contribution is -2.44. The second-order valence-electron chi connectivity index (χ2n) is 10.5. The zero-order chi connectivity index (χ0) is 23.7. The van der Waals surface area contributed by atoms with E-state index >= 15 is 4.39 Å². The van der Waals surface area contributed by atoms with Crippen molar-refractivity contribution in [2.45, 2.75) is 122 Å². The summed E-state index contributed by atoms with van der Waals surface area (Å²) in [6.45, 7) is 4.36. The quantitative estimate of drug-likeness (QED) is 0.127. The molecule has 0 amide bonds. The van der Waals surface area contributed by atoms with Crippen LogP contribution in [0.1, 0.15) is 122 Å². The van der Waals surface area contributed by atoms with Crippen LogP contribution >= 0.6 is 0 Å². The number of unbranched alkanes of at least 4 members (excludes halogenated alkanes) is 7. The maximum Gasteiger partial charge on any atom is 0.335 e. The number of benzene rings is 1. The Balaban J connectivity index is 1.59. The molecular formula is C29H42F2O2. The summed E-state index contributed by atoms with van der Waals surface area (Å²) in [6.07, 6.45) is 21.0. The lowest BCUT2D eigenvalue weighted by molar-refractivity contribution is -0.129. The third-order valence-corrected chi connectivity index (χ3v) is 8.27. The number of carbonyl (C=O) groups excluding carboxylic acids is 1. The molecule has 33 heavy (non-hydrogen) atoms. The van der Waals surface area contributed by atoms with Gasteiger partial charge in [0.1, 0.15) is 0 Å². The fourth-order valence-corrected chi connectivity index (χ4v) is 6.00. The lowest BCUT2D eigenvalue weighted by Gasteiger charge is -2.54. The molecule has 0 spiro atoms. The van der Waals surface area contributed by atoms with Gasteiger partial charge in [-0.25, -0.2) is 9.18 Å². The Morgan fingerprint density at radius 1 is 0.879 bits per heavy atom. The van der Waals surface area contributed by atoms with E-state index in [2.05, 4.69) is 13.8 Å². The highest BCUT2D eigenvalue weighted by molar-refractivity contribution is 5.84. The highest BCUT2D eigenvalue weighted by atomic mass is 19.2. The minimum Gasteiger partial charge on any atom is -0.420 e. The van der Waals surface area contributed by atoms with E-state index in [4.69, 9.17) is 4.74 Å². The maximum absolute atomic E-state index is 15.2. The predicted octanol–water partition coefficient (Wildman–Crippen LogP) is 8.96. The monoisotopic (exact) mass is 460 g/mol. The third kappa shape index (κ3) is 6.45. The molecule has 3 aliphatic rings. The standard InChI is InChI=1S/C29H42F2O2/c1-3-5-7-9-11-13-25(32)33-24-15-14-23(26(30)27(24)31)29-20-17-28(18-21-29,19-22-29)16-12-10-8-6-4-2/h11,13-15H,3-10,12,16-22H2,1-2H3. The average Bonchev–Trinajstić information content (AvgIpc) is 2.83. The van der Waals surface area contributed by atoms with Crippen LogP contribution in [0.5, 0.6) is 5.75 Å². The van der Waals surface area contributed by atoms with Crippen molar-refractivity contribution in [1.82, 2.24) is 0 Å². The predicted molar refractivity (Wildman–Crippen MR) is 130 cm³/mol. The van der Waals surface area contributed by atoms with E-state index in [1.807, 2.05) is 0 Å². The number of carbonyl (C=O) groups is 1. The van der Waals surface area contributed by atoms with Crippen LogP contribution < -0.4 is 4.74 Å². The zero-order valence-electron chi connectivity index (χ0n) is 20.7. The van der Waals surface area contributed by atoms with Crippen molar-refractivity contribution in [3.63, 3.8) is 0 Å². The van der Waals surface area contributed by atoms with E-state index in [9.17, 15) is 9.18 Å². The van der Waals surface area contributed by atoms with Crippen LogP contribution in [0.3, 0.4) is 0 Å². The Kier molecular flexibility index (Phi) is 9.52. The SMILES string of the molecule is CCCCCC=CC(=O)Oc1ccc(C23CCC(CCCCCCC)(CC2)CC3)c(F)c1F. The van der Waals surface area contributed by atoms with E-state index in [1.54, 1.807) is 12.1 Å². The molecule has 4 heteroatoms. The summed E-state index contributed by atoms with van der Waals surface area (Å²) in [7, 11) is 0. The number of hydrogen-bond donors (Lipinski definition) is 0. The molecule has 184 valence electrons. The van der Waals surface area contributed by atoms with Crippen molar-refractivity contribution in [3.8, 4) is 5.75 Å². The second-order valence-corrected chi connectivity index (χ2v) is 10.5. The molecule has 0 N–H and O–H groups in total. The molecule has 2 nitrogen and oxygen atoms in total. The molecule has 3 aliphatic carbocycles. The molecule has 4 rings (SSSR count). The summed E-state index contributed by atoms with van der Waals surface area (Å²) in [6, 6.07) is 3.10. The Bertz CT molecular complexity index is 790. The van der Waals surface area contributed by atoms with Crippen LogP contribution in [-0.4, -0.2) is 5.97 Å². The van der Waals surface area contributed by atoms with Crippen LogP contribution in [0.4, 0.5) is 8.78 Å². The van der Waals surface area contributed by atoms with Gasteiger partial charge in [-0.3, -0.25) is 0 Å². The molecule has 0 aliphatic heterocycles. The number of hydrogen-bond acceptors (Lipinski definition) is 2. The Hall–Kier alpha value is -1.71. The normalized spacial score (nSPS) is 24.5. The lowest BCUT2D eigenvalue weighted by atomic mass is 9.51. The molecule has 0 atom stereocenters. The summed E-state index contributed by atoms with van der Waals surface area (Å²) < 4.78 is 35.1. The summed E-state index contributed by atoms with van der Waals surface area (Å²) >= 11 is 0. The van der Waals surface area contributed by atoms with E-state index < -0.39 is 17.6 Å². The van der Waals surface area contributed by atoms with Crippen molar-refractivity contribution in [3.05, 3.63) is 41.5 Å². The van der Waals surface area contributed by atoms with Gasteiger partial charge in [-0.05, 0) is 80.2 Å². The van der Waals surface area contributed by atoms with Crippen molar-refractivity contribution in [1.29, 1.82) is 0 Å². The topological polar surface area (TPSA) is 26.3 Å². The van der Waals surface area contributed by atoms with Crippen molar-refractivity contribution >= 4 is 5.97 Å². The molecule has 1 aromatic rings. The molecule has 0 aromatic heterocycles. The Morgan fingerprint density at radius 3 is 2.18 bits per heavy atom. The number of rotatable bonds is 13. The van der Waals surface area contributed by atoms with Crippen molar-refractivity contribution in [2.75, 3.05) is 0 Å². The van der Waals surface area contributed by atoms with Gasteiger partial charge in [-0.2, -0.15) is 4.39 Å². The summed E-state index contributed by atoms with van der Waals surface area (Å²) in [5.74, 6) is -2.84. The largest absolute Gasteiger partial charge is 0.420 e. The minimum absolute atomic E-state index is 0.267. The van der Waals surface area contributed by atoms with Crippen LogP contribution in [-0.2, 0) is 10.2 Å². The number of esters is 1. The molecule has 0 radical (unpaired) electrons. The van der Waals surface area contributed by atoms with Gasteiger partial charge in [0, 0.05) is 6.08 Å². The molecular weight excluding hydrogens is 418 g/mol. The maximum atomic E-state index is 15.2. The second kappa shape index (κ2) is 12.1. The first-order chi connectivity index (χ1) is 16.0. The van der Waals surface area contributed by atoms with Gasteiger partial charge in [0.05, 0.1) is 0 Å². The number of ether oxygens (including phenoxy) is 1. The molecule has 3 fully saturated rings. The Morgan fingerprint density at radius 2 is 1.52 bits per heavy atom. The van der Waals surface area contributed by atoms with Crippen LogP contribution in [0, 0.1) is 17.0 Å². The summed E-state index contributed by atoms with van der Waals surface area (Å²) in [5, 5.41) is 0. The van der Waals surface area contributed by atoms with E-state index in [0.717, 1.165) is 64.2 Å². The third-order valence-electron chi connectivity index (χ3n) is 8.27. The van der Waals surface area contributed by atoms with Gasteiger partial charge >= 0.3 is 5.97 Å². The smallest absolute Gasteiger partial charge is 0.335 e. The first-order valence-electron chi connectivity index (χ1n) is 13.3. The van der Waals surface area contributed by atoms with Gasteiger partial charge in [0.25, 0.3) is 0 Å². The molecule has 0 saturated heterocycles. The fraction of sp³-hybridized carbons (Fsp3) is 0.690. The zero-order valence-corrected chi connectivity index (χ0v) is 20.7. The van der Waals surface area contributed by atoms with E-state index in [-0.39, 0.29) is 11.2 Å². The van der Waals surface area contributed by atoms with E-state index in [1.165, 1.54) is 50.7 Å². The van der Waals surface area contributed by atoms with Crippen molar-refractivity contribution < 1.29 is 18.3 Å². The molecule has 0 heterocycles. The number of halogens is 2. The van der Waals surface area contributed by atoms with Crippen LogP contribution in [0.2, 0.25) is 0 Å². The number of fused-ring (bicyclic) bond motifs is 3. The average molecular weight is 461 g/mol. The highest BCUT2D eigenvalue weighted by Crippen LogP contribution is 2.60.